The number of hydrogen-bond acceptors (Lipinski definition) is 2. The summed E-state index contributed by atoms with van der Waals surface area (Å²) in [4.78, 5) is 12.3. The summed E-state index contributed by atoms with van der Waals surface area (Å²) in [5.74, 6) is 0.219. The second-order valence-electron chi connectivity index (χ2n) is 4.56. The minimum atomic E-state index is -0.0351. The molecular formula is C15H23NO. The van der Waals surface area contributed by atoms with Gasteiger partial charge in [-0.05, 0) is 44.0 Å². The normalized spacial score (nSPS) is 12.5. The van der Waals surface area contributed by atoms with Crippen molar-refractivity contribution < 1.29 is 4.79 Å². The summed E-state index contributed by atoms with van der Waals surface area (Å²) < 4.78 is 0. The third-order valence-electron chi connectivity index (χ3n) is 3.14. The second-order valence-corrected chi connectivity index (χ2v) is 4.56. The fourth-order valence-electron chi connectivity index (χ4n) is 1.96. The summed E-state index contributed by atoms with van der Waals surface area (Å²) >= 11 is 0. The highest BCUT2D eigenvalue weighted by molar-refractivity contribution is 6.00. The largest absolute Gasteiger partial charge is 0.307 e. The van der Waals surface area contributed by atoms with Gasteiger partial charge in [-0.2, -0.15) is 0 Å². The molecule has 0 aromatic heterocycles. The van der Waals surface area contributed by atoms with E-state index < -0.39 is 0 Å². The fourth-order valence-corrected chi connectivity index (χ4v) is 1.96. The molecule has 17 heavy (non-hydrogen) atoms. The standard InChI is InChI=1S/C15H23NO/c1-5-7-14(16-6-2)15(17)13-9-8-11(3)12(4)10-13/h8-10,14,16H,5-7H2,1-4H3/t14-/m0/s1. The van der Waals surface area contributed by atoms with Crippen LogP contribution in [0.1, 0.15) is 48.2 Å². The highest BCUT2D eigenvalue weighted by Crippen LogP contribution is 2.13. The molecule has 1 aromatic carbocycles. The zero-order chi connectivity index (χ0) is 12.8. The molecule has 0 aliphatic carbocycles. The minimum Gasteiger partial charge on any atom is -0.307 e. The molecule has 0 radical (unpaired) electrons. The van der Waals surface area contributed by atoms with Crippen LogP contribution in [-0.2, 0) is 0 Å². The fraction of sp³-hybridized carbons (Fsp3) is 0.533. The van der Waals surface area contributed by atoms with Crippen LogP contribution in [0.5, 0.6) is 0 Å². The molecule has 0 amide bonds. The highest BCUT2D eigenvalue weighted by atomic mass is 16.1. The van der Waals surface area contributed by atoms with Crippen LogP contribution >= 0.6 is 0 Å². The van der Waals surface area contributed by atoms with Crippen LogP contribution in [0.2, 0.25) is 0 Å². The van der Waals surface area contributed by atoms with Crippen molar-refractivity contribution in [3.63, 3.8) is 0 Å². The van der Waals surface area contributed by atoms with Gasteiger partial charge < -0.3 is 5.32 Å². The van der Waals surface area contributed by atoms with E-state index in [1.54, 1.807) is 0 Å². The van der Waals surface area contributed by atoms with E-state index in [9.17, 15) is 4.79 Å². The smallest absolute Gasteiger partial charge is 0.179 e. The van der Waals surface area contributed by atoms with Crippen molar-refractivity contribution in [1.29, 1.82) is 0 Å². The van der Waals surface area contributed by atoms with E-state index in [1.165, 1.54) is 11.1 Å². The van der Waals surface area contributed by atoms with Crippen molar-refractivity contribution in [3.05, 3.63) is 34.9 Å². The van der Waals surface area contributed by atoms with Crippen molar-refractivity contribution >= 4 is 5.78 Å². The molecule has 2 heteroatoms. The minimum absolute atomic E-state index is 0.0351. The first kappa shape index (κ1) is 13.9. The Bertz CT molecular complexity index is 379. The van der Waals surface area contributed by atoms with Crippen molar-refractivity contribution in [2.24, 2.45) is 0 Å². The van der Waals surface area contributed by atoms with Gasteiger partial charge in [-0.15, -0.1) is 0 Å². The Morgan fingerprint density at radius 2 is 1.94 bits per heavy atom. The van der Waals surface area contributed by atoms with Crippen LogP contribution in [0.25, 0.3) is 0 Å². The Kier molecular flexibility index (Phi) is 5.36. The molecule has 1 aromatic rings. The van der Waals surface area contributed by atoms with Gasteiger partial charge in [-0.1, -0.05) is 32.4 Å². The maximum atomic E-state index is 12.3. The van der Waals surface area contributed by atoms with Crippen LogP contribution in [0.15, 0.2) is 18.2 Å². The number of carbonyl (C=O) groups excluding carboxylic acids is 1. The predicted molar refractivity (Wildman–Crippen MR) is 72.6 cm³/mol. The van der Waals surface area contributed by atoms with E-state index in [0.29, 0.717) is 0 Å². The summed E-state index contributed by atoms with van der Waals surface area (Å²) in [6.45, 7) is 9.10. The number of likely N-dealkylation sites (N-methyl/N-ethyl adjacent to an activating group) is 1. The van der Waals surface area contributed by atoms with Crippen LogP contribution in [0, 0.1) is 13.8 Å². The lowest BCUT2D eigenvalue weighted by Crippen LogP contribution is -2.36. The molecule has 1 atom stereocenters. The zero-order valence-electron chi connectivity index (χ0n) is 11.3. The first-order chi connectivity index (χ1) is 8.10. The second kappa shape index (κ2) is 6.55. The summed E-state index contributed by atoms with van der Waals surface area (Å²) in [6.07, 6.45) is 1.92. The molecular weight excluding hydrogens is 210 g/mol. The molecule has 0 spiro atoms. The van der Waals surface area contributed by atoms with E-state index in [-0.39, 0.29) is 11.8 Å². The van der Waals surface area contributed by atoms with E-state index in [0.717, 1.165) is 24.9 Å². The van der Waals surface area contributed by atoms with Crippen molar-refractivity contribution in [3.8, 4) is 0 Å². The zero-order valence-corrected chi connectivity index (χ0v) is 11.3. The molecule has 0 saturated heterocycles. The van der Waals surface area contributed by atoms with Gasteiger partial charge in [0, 0.05) is 5.56 Å². The summed E-state index contributed by atoms with van der Waals surface area (Å²) in [7, 11) is 0. The molecule has 0 bridgehead atoms. The van der Waals surface area contributed by atoms with Gasteiger partial charge in [-0.3, -0.25) is 4.79 Å². The first-order valence-corrected chi connectivity index (χ1v) is 6.45. The van der Waals surface area contributed by atoms with Crippen molar-refractivity contribution in [2.75, 3.05) is 6.54 Å². The van der Waals surface area contributed by atoms with E-state index in [2.05, 4.69) is 19.2 Å². The van der Waals surface area contributed by atoms with E-state index in [1.807, 2.05) is 32.0 Å². The molecule has 0 heterocycles. The molecule has 1 rings (SSSR count). The number of benzene rings is 1. The van der Waals surface area contributed by atoms with Crippen molar-refractivity contribution in [1.82, 2.24) is 5.32 Å². The van der Waals surface area contributed by atoms with Crippen LogP contribution in [-0.4, -0.2) is 18.4 Å². The lowest BCUT2D eigenvalue weighted by Gasteiger charge is -2.16. The monoisotopic (exact) mass is 233 g/mol. The third kappa shape index (κ3) is 3.67. The van der Waals surface area contributed by atoms with Gasteiger partial charge in [0.2, 0.25) is 0 Å². The SMILES string of the molecule is CCC[C@H](NCC)C(=O)c1ccc(C)c(C)c1. The van der Waals surface area contributed by atoms with Gasteiger partial charge in [0.25, 0.3) is 0 Å². The maximum Gasteiger partial charge on any atom is 0.179 e. The Morgan fingerprint density at radius 1 is 1.24 bits per heavy atom. The van der Waals surface area contributed by atoms with Gasteiger partial charge >= 0.3 is 0 Å². The van der Waals surface area contributed by atoms with Gasteiger partial charge in [0.1, 0.15) is 0 Å². The quantitative estimate of drug-likeness (QED) is 0.764. The Labute approximate surface area is 104 Å². The number of Topliss-reactive ketones (excluding diaryl/α,β-unsaturated/α-hetero) is 1. The summed E-state index contributed by atoms with van der Waals surface area (Å²) in [6, 6.07) is 5.92. The van der Waals surface area contributed by atoms with E-state index in [4.69, 9.17) is 0 Å². The Hall–Kier alpha value is -1.15. The summed E-state index contributed by atoms with van der Waals surface area (Å²) in [5.41, 5.74) is 3.24. The topological polar surface area (TPSA) is 29.1 Å². The van der Waals surface area contributed by atoms with Crippen LogP contribution in [0.4, 0.5) is 0 Å². The molecule has 94 valence electrons. The Balaban J connectivity index is 2.88. The average Bonchev–Trinajstić information content (AvgIpc) is 2.31. The highest BCUT2D eigenvalue weighted by Gasteiger charge is 2.18. The lowest BCUT2D eigenvalue weighted by atomic mass is 9.97. The predicted octanol–water partition coefficient (Wildman–Crippen LogP) is 3.26. The molecule has 1 N–H and O–H groups in total. The van der Waals surface area contributed by atoms with E-state index >= 15 is 0 Å². The van der Waals surface area contributed by atoms with Crippen molar-refractivity contribution in [2.45, 2.75) is 46.6 Å². The first-order valence-electron chi connectivity index (χ1n) is 6.45. The van der Waals surface area contributed by atoms with Gasteiger partial charge in [0.15, 0.2) is 5.78 Å². The van der Waals surface area contributed by atoms with Gasteiger partial charge in [-0.25, -0.2) is 0 Å². The Morgan fingerprint density at radius 3 is 2.47 bits per heavy atom. The third-order valence-corrected chi connectivity index (χ3v) is 3.14. The average molecular weight is 233 g/mol. The number of ketones is 1. The molecule has 0 fully saturated rings. The maximum absolute atomic E-state index is 12.3. The molecule has 2 nitrogen and oxygen atoms in total. The molecule has 0 unspecified atom stereocenters. The lowest BCUT2D eigenvalue weighted by molar-refractivity contribution is 0.0938. The summed E-state index contributed by atoms with van der Waals surface area (Å²) in [5, 5.41) is 3.27. The molecule has 0 saturated carbocycles. The van der Waals surface area contributed by atoms with Crippen LogP contribution < -0.4 is 5.32 Å². The number of nitrogens with one attached hydrogen (secondary N) is 1. The molecule has 0 aliphatic heterocycles. The number of aryl methyl sites for hydroxylation is 2. The van der Waals surface area contributed by atoms with Crippen LogP contribution in [0.3, 0.4) is 0 Å². The van der Waals surface area contributed by atoms with Gasteiger partial charge in [0.05, 0.1) is 6.04 Å². The number of hydrogen-bond donors (Lipinski definition) is 1. The molecule has 0 aliphatic rings. The number of rotatable bonds is 6. The number of carbonyl (C=O) groups is 1.